The maximum atomic E-state index is 11.8. The summed E-state index contributed by atoms with van der Waals surface area (Å²) in [4.78, 5) is 24.7. The lowest BCUT2D eigenvalue weighted by molar-refractivity contribution is -0.124. The van der Waals surface area contributed by atoms with E-state index in [2.05, 4.69) is 0 Å². The van der Waals surface area contributed by atoms with Gasteiger partial charge in [0.05, 0.1) is 6.04 Å². The molecule has 1 aliphatic heterocycles. The number of rotatable bonds is 2. The molecule has 0 spiro atoms. The van der Waals surface area contributed by atoms with Crippen LogP contribution in [-0.4, -0.2) is 22.9 Å². The monoisotopic (exact) mass is 245 g/mol. The number of hydrogen-bond acceptors (Lipinski definition) is 3. The van der Waals surface area contributed by atoms with E-state index in [9.17, 15) is 9.59 Å². The van der Waals surface area contributed by atoms with Gasteiger partial charge in [-0.25, -0.2) is 9.69 Å². The number of imide groups is 1. The Kier molecular flexibility index (Phi) is 3.46. The third-order valence-corrected chi connectivity index (χ3v) is 2.94. The number of allylic oxidation sites excluding steroid dienone is 1. The van der Waals surface area contributed by atoms with Gasteiger partial charge < -0.3 is 4.74 Å². The lowest BCUT2D eigenvalue weighted by atomic mass is 10.0. The summed E-state index contributed by atoms with van der Waals surface area (Å²) in [5, 5.41) is 0. The Morgan fingerprint density at radius 3 is 2.61 bits per heavy atom. The molecule has 0 radical (unpaired) electrons. The van der Waals surface area contributed by atoms with Crippen molar-refractivity contribution >= 4 is 12.0 Å². The fraction of sp³-hybridized carbons (Fsp3) is 0.286. The molecular weight excluding hydrogens is 230 g/mol. The first-order valence-electron chi connectivity index (χ1n) is 5.86. The van der Waals surface area contributed by atoms with Crippen LogP contribution in [0.15, 0.2) is 42.5 Å². The number of ether oxygens (including phenoxy) is 1. The van der Waals surface area contributed by atoms with Crippen molar-refractivity contribution in [1.82, 2.24) is 4.90 Å². The highest BCUT2D eigenvalue weighted by Gasteiger charge is 2.42. The Morgan fingerprint density at radius 1 is 1.33 bits per heavy atom. The van der Waals surface area contributed by atoms with Gasteiger partial charge in [0, 0.05) is 0 Å². The summed E-state index contributed by atoms with van der Waals surface area (Å²) in [6, 6.07) is 9.13. The van der Waals surface area contributed by atoms with Crippen LogP contribution in [0.1, 0.15) is 25.5 Å². The zero-order valence-corrected chi connectivity index (χ0v) is 10.4. The van der Waals surface area contributed by atoms with Gasteiger partial charge >= 0.3 is 6.09 Å². The average Bonchev–Trinajstić information content (AvgIpc) is 2.66. The number of hydrogen-bond donors (Lipinski definition) is 0. The smallest absolute Gasteiger partial charge is 0.417 e. The standard InChI is InChI=1S/C14H15NO3/c1-3-7-12(16)15-10(2)13(18-14(15)17)11-8-5-4-6-9-11/h3-10,13H,1-2H3/b7-3+/t10-,13-/m0/s1. The summed E-state index contributed by atoms with van der Waals surface area (Å²) >= 11 is 0. The second-order valence-electron chi connectivity index (χ2n) is 4.16. The number of nitrogens with zero attached hydrogens (tertiary/aromatic N) is 1. The molecule has 94 valence electrons. The summed E-state index contributed by atoms with van der Waals surface area (Å²) < 4.78 is 5.27. The van der Waals surface area contributed by atoms with Crippen LogP contribution >= 0.6 is 0 Å². The molecule has 0 aromatic heterocycles. The lowest BCUT2D eigenvalue weighted by Crippen LogP contribution is -2.36. The predicted molar refractivity (Wildman–Crippen MR) is 66.8 cm³/mol. The number of benzene rings is 1. The van der Waals surface area contributed by atoms with Crippen molar-refractivity contribution in [2.75, 3.05) is 0 Å². The van der Waals surface area contributed by atoms with E-state index in [4.69, 9.17) is 4.74 Å². The van der Waals surface area contributed by atoms with E-state index in [0.29, 0.717) is 0 Å². The van der Waals surface area contributed by atoms with Crippen molar-refractivity contribution in [2.45, 2.75) is 26.0 Å². The van der Waals surface area contributed by atoms with Gasteiger partial charge in [0.15, 0.2) is 0 Å². The first-order chi connectivity index (χ1) is 8.65. The number of carbonyl (C=O) groups excluding carboxylic acids is 2. The molecule has 0 unspecified atom stereocenters. The van der Waals surface area contributed by atoms with E-state index in [1.54, 1.807) is 13.0 Å². The van der Waals surface area contributed by atoms with Gasteiger partial charge in [0.25, 0.3) is 5.91 Å². The van der Waals surface area contributed by atoms with Gasteiger partial charge in [-0.15, -0.1) is 0 Å². The molecule has 0 bridgehead atoms. The molecular formula is C14H15NO3. The third kappa shape index (κ3) is 2.14. The first-order valence-corrected chi connectivity index (χ1v) is 5.86. The quantitative estimate of drug-likeness (QED) is 0.752. The summed E-state index contributed by atoms with van der Waals surface area (Å²) in [7, 11) is 0. The molecule has 0 N–H and O–H groups in total. The maximum Gasteiger partial charge on any atom is 0.417 e. The minimum Gasteiger partial charge on any atom is -0.439 e. The second kappa shape index (κ2) is 5.04. The molecule has 0 saturated carbocycles. The van der Waals surface area contributed by atoms with Crippen LogP contribution in [-0.2, 0) is 9.53 Å². The molecule has 2 atom stereocenters. The zero-order valence-electron chi connectivity index (χ0n) is 10.4. The van der Waals surface area contributed by atoms with E-state index in [1.165, 1.54) is 6.08 Å². The van der Waals surface area contributed by atoms with Gasteiger partial charge in [0.2, 0.25) is 0 Å². The number of amides is 2. The Morgan fingerprint density at radius 2 is 2.00 bits per heavy atom. The van der Waals surface area contributed by atoms with E-state index < -0.39 is 12.2 Å². The Labute approximate surface area is 106 Å². The van der Waals surface area contributed by atoms with Crippen LogP contribution in [0.2, 0.25) is 0 Å². The van der Waals surface area contributed by atoms with Crippen molar-refractivity contribution in [3.8, 4) is 0 Å². The van der Waals surface area contributed by atoms with Crippen molar-refractivity contribution in [3.63, 3.8) is 0 Å². The lowest BCUT2D eigenvalue weighted by Gasteiger charge is -2.17. The van der Waals surface area contributed by atoms with Crippen LogP contribution < -0.4 is 0 Å². The van der Waals surface area contributed by atoms with Crippen molar-refractivity contribution < 1.29 is 14.3 Å². The van der Waals surface area contributed by atoms with E-state index >= 15 is 0 Å². The van der Waals surface area contributed by atoms with Crippen LogP contribution in [0.25, 0.3) is 0 Å². The molecule has 1 aromatic rings. The van der Waals surface area contributed by atoms with E-state index in [1.807, 2.05) is 37.3 Å². The van der Waals surface area contributed by atoms with Crippen molar-refractivity contribution in [1.29, 1.82) is 0 Å². The fourth-order valence-corrected chi connectivity index (χ4v) is 2.07. The largest absolute Gasteiger partial charge is 0.439 e. The zero-order chi connectivity index (χ0) is 13.1. The molecule has 2 rings (SSSR count). The van der Waals surface area contributed by atoms with Gasteiger partial charge in [0.1, 0.15) is 6.10 Å². The van der Waals surface area contributed by atoms with Crippen molar-refractivity contribution in [3.05, 3.63) is 48.0 Å². The molecule has 0 aliphatic carbocycles. The molecule has 18 heavy (non-hydrogen) atoms. The number of cyclic esters (lactones) is 1. The summed E-state index contributed by atoms with van der Waals surface area (Å²) in [5.74, 6) is -0.339. The minimum absolute atomic E-state index is 0.302. The predicted octanol–water partition coefficient (Wildman–Crippen LogP) is 2.67. The molecule has 1 aliphatic rings. The summed E-state index contributed by atoms with van der Waals surface area (Å²) in [6.45, 7) is 3.54. The fourth-order valence-electron chi connectivity index (χ4n) is 2.07. The summed E-state index contributed by atoms with van der Waals surface area (Å²) in [6.07, 6.45) is 2.00. The summed E-state index contributed by atoms with van der Waals surface area (Å²) in [5.41, 5.74) is 0.897. The Balaban J connectivity index is 2.24. The normalized spacial score (nSPS) is 23.4. The Bertz CT molecular complexity index is 481. The molecule has 1 fully saturated rings. The topological polar surface area (TPSA) is 46.6 Å². The maximum absolute atomic E-state index is 11.8. The van der Waals surface area contributed by atoms with E-state index in [0.717, 1.165) is 10.5 Å². The first kappa shape index (κ1) is 12.4. The Hall–Kier alpha value is -2.10. The SMILES string of the molecule is C/C=C/C(=O)N1C(=O)O[C@H](c2ccccc2)[C@@H]1C. The van der Waals surface area contributed by atoms with Crippen LogP contribution in [0.5, 0.6) is 0 Å². The van der Waals surface area contributed by atoms with E-state index in [-0.39, 0.29) is 11.9 Å². The highest BCUT2D eigenvalue weighted by molar-refractivity contribution is 5.99. The van der Waals surface area contributed by atoms with Crippen LogP contribution in [0.3, 0.4) is 0 Å². The van der Waals surface area contributed by atoms with Gasteiger partial charge in [-0.05, 0) is 25.5 Å². The van der Waals surface area contributed by atoms with Crippen molar-refractivity contribution in [2.24, 2.45) is 0 Å². The van der Waals surface area contributed by atoms with Crippen LogP contribution in [0, 0.1) is 0 Å². The molecule has 1 saturated heterocycles. The molecule has 4 nitrogen and oxygen atoms in total. The highest BCUT2D eigenvalue weighted by atomic mass is 16.6. The minimum atomic E-state index is -0.584. The van der Waals surface area contributed by atoms with Gasteiger partial charge in [-0.1, -0.05) is 36.4 Å². The second-order valence-corrected chi connectivity index (χ2v) is 4.16. The molecule has 4 heteroatoms. The average molecular weight is 245 g/mol. The molecule has 2 amide bonds. The van der Waals surface area contributed by atoms with Crippen LogP contribution in [0.4, 0.5) is 4.79 Å². The highest BCUT2D eigenvalue weighted by Crippen LogP contribution is 2.32. The molecule has 1 aromatic carbocycles. The molecule has 1 heterocycles. The third-order valence-electron chi connectivity index (χ3n) is 2.94. The van der Waals surface area contributed by atoms with Gasteiger partial charge in [-0.2, -0.15) is 0 Å². The number of carbonyl (C=O) groups is 2. The van der Waals surface area contributed by atoms with Gasteiger partial charge in [-0.3, -0.25) is 4.79 Å².